The predicted molar refractivity (Wildman–Crippen MR) is 95.5 cm³/mol. The van der Waals surface area contributed by atoms with Crippen LogP contribution in [-0.4, -0.2) is 36.2 Å². The van der Waals surface area contributed by atoms with Gasteiger partial charge in [-0.25, -0.2) is 9.59 Å². The number of benzene rings is 1. The van der Waals surface area contributed by atoms with Crippen LogP contribution in [0.2, 0.25) is 0 Å². The zero-order chi connectivity index (χ0) is 18.7. The highest BCUT2D eigenvalue weighted by molar-refractivity contribution is 5.87. The van der Waals surface area contributed by atoms with Crippen molar-refractivity contribution in [2.75, 3.05) is 13.7 Å². The van der Waals surface area contributed by atoms with Crippen molar-refractivity contribution in [3.63, 3.8) is 0 Å². The van der Waals surface area contributed by atoms with Gasteiger partial charge in [0, 0.05) is 0 Å². The van der Waals surface area contributed by atoms with Gasteiger partial charge in [0.2, 0.25) is 0 Å². The smallest absolute Gasteiger partial charge is 0.412 e. The molecule has 1 rings (SSSR count). The largest absolute Gasteiger partial charge is 0.467 e. The molecule has 0 N–H and O–H groups in total. The first-order valence-electron chi connectivity index (χ1n) is 7.84. The molecule has 1 unspecified atom stereocenters. The fourth-order valence-electron chi connectivity index (χ4n) is 2.07. The molecule has 0 fully saturated rings. The van der Waals surface area contributed by atoms with E-state index in [1.807, 2.05) is 30.3 Å². The summed E-state index contributed by atoms with van der Waals surface area (Å²) in [6.45, 7) is 5.11. The molecule has 25 heavy (non-hydrogen) atoms. The van der Waals surface area contributed by atoms with Crippen LogP contribution in [0.3, 0.4) is 0 Å². The van der Waals surface area contributed by atoms with Crippen LogP contribution in [0.25, 0.3) is 0 Å². The maximum absolute atomic E-state index is 12.6. The van der Waals surface area contributed by atoms with Crippen LogP contribution in [0, 0.1) is 11.8 Å². The van der Waals surface area contributed by atoms with Crippen LogP contribution >= 0.6 is 0 Å². The highest BCUT2D eigenvalue weighted by Gasteiger charge is 2.42. The second-order valence-electron chi connectivity index (χ2n) is 5.29. The molecule has 0 bridgehead atoms. The molecule has 1 atom stereocenters. The number of carbonyl (C=O) groups is 2. The Kier molecular flexibility index (Phi) is 8.05. The Morgan fingerprint density at radius 1 is 1.28 bits per heavy atom. The molecule has 0 saturated heterocycles. The average molecular weight is 341 g/mol. The molecule has 5 heteroatoms. The summed E-state index contributed by atoms with van der Waals surface area (Å²) in [4.78, 5) is 26.2. The quantitative estimate of drug-likeness (QED) is 0.452. The fraction of sp³-hybridized carbons (Fsp3) is 0.350. The number of carbonyl (C=O) groups excluding carboxylic acids is 2. The normalized spacial score (nSPS) is 11.7. The molecule has 0 radical (unpaired) electrons. The third kappa shape index (κ3) is 5.56. The summed E-state index contributed by atoms with van der Waals surface area (Å²) in [5.74, 6) is 4.92. The first kappa shape index (κ1) is 20.1. The lowest BCUT2D eigenvalue weighted by molar-refractivity contribution is -0.150. The summed E-state index contributed by atoms with van der Waals surface area (Å²) in [5.41, 5.74) is 2.31. The van der Waals surface area contributed by atoms with Gasteiger partial charge in [-0.15, -0.1) is 11.7 Å². The van der Waals surface area contributed by atoms with E-state index in [2.05, 4.69) is 17.6 Å². The van der Waals surface area contributed by atoms with Gasteiger partial charge in [-0.05, 0) is 38.5 Å². The molecule has 132 valence electrons. The van der Waals surface area contributed by atoms with Crippen LogP contribution in [0.5, 0.6) is 0 Å². The number of hydrogen-bond donors (Lipinski definition) is 0. The fourth-order valence-corrected chi connectivity index (χ4v) is 2.07. The van der Waals surface area contributed by atoms with E-state index >= 15 is 0 Å². The Bertz CT molecular complexity index is 704. The van der Waals surface area contributed by atoms with Crippen molar-refractivity contribution in [1.29, 1.82) is 0 Å². The number of amides is 1. The molecule has 1 amide bonds. The molecule has 0 aromatic heterocycles. The van der Waals surface area contributed by atoms with Crippen molar-refractivity contribution in [3.8, 4) is 11.8 Å². The molecule has 0 saturated carbocycles. The molecular weight excluding hydrogens is 318 g/mol. The minimum atomic E-state index is -1.38. The van der Waals surface area contributed by atoms with E-state index in [-0.39, 0.29) is 13.2 Å². The van der Waals surface area contributed by atoms with Crippen molar-refractivity contribution in [2.24, 2.45) is 0 Å². The van der Waals surface area contributed by atoms with Gasteiger partial charge in [0.05, 0.1) is 13.7 Å². The summed E-state index contributed by atoms with van der Waals surface area (Å²) < 4.78 is 10.2. The van der Waals surface area contributed by atoms with Crippen LogP contribution < -0.4 is 0 Å². The highest BCUT2D eigenvalue weighted by atomic mass is 16.6. The SMILES string of the molecule is CC#CCN(C(=O)OCc1ccccc1)C(C)(C=C=CC)C(=O)OC. The van der Waals surface area contributed by atoms with Gasteiger partial charge in [0.1, 0.15) is 6.61 Å². The summed E-state index contributed by atoms with van der Waals surface area (Å²) >= 11 is 0. The second kappa shape index (κ2) is 10.0. The monoisotopic (exact) mass is 341 g/mol. The molecule has 0 aliphatic rings. The number of ether oxygens (including phenoxy) is 2. The minimum absolute atomic E-state index is 0.0254. The molecule has 0 aliphatic heterocycles. The van der Waals surface area contributed by atoms with Crippen molar-refractivity contribution in [1.82, 2.24) is 4.90 Å². The first-order valence-corrected chi connectivity index (χ1v) is 7.84. The molecule has 0 spiro atoms. The van der Waals surface area contributed by atoms with Crippen LogP contribution in [0.1, 0.15) is 26.3 Å². The molecule has 1 aromatic rings. The third-order valence-electron chi connectivity index (χ3n) is 3.53. The highest BCUT2D eigenvalue weighted by Crippen LogP contribution is 2.20. The average Bonchev–Trinajstić information content (AvgIpc) is 2.65. The van der Waals surface area contributed by atoms with Crippen molar-refractivity contribution < 1.29 is 19.1 Å². The van der Waals surface area contributed by atoms with Crippen molar-refractivity contribution >= 4 is 12.1 Å². The Labute approximate surface area is 148 Å². The molecular formula is C20H23NO4. The van der Waals surface area contributed by atoms with Gasteiger partial charge in [0.25, 0.3) is 0 Å². The summed E-state index contributed by atoms with van der Waals surface area (Å²) in [6.07, 6.45) is 2.45. The maximum atomic E-state index is 12.6. The van der Waals surface area contributed by atoms with E-state index < -0.39 is 17.6 Å². The number of methoxy groups -OCH3 is 1. The molecule has 1 aromatic carbocycles. The molecule has 0 aliphatic carbocycles. The van der Waals surface area contributed by atoms with Gasteiger partial charge in [0.15, 0.2) is 5.54 Å². The van der Waals surface area contributed by atoms with E-state index in [1.54, 1.807) is 26.8 Å². The number of esters is 1. The third-order valence-corrected chi connectivity index (χ3v) is 3.53. The van der Waals surface area contributed by atoms with Crippen LogP contribution in [0.4, 0.5) is 4.79 Å². The van der Waals surface area contributed by atoms with Gasteiger partial charge < -0.3 is 9.47 Å². The molecule has 5 nitrogen and oxygen atoms in total. The topological polar surface area (TPSA) is 55.8 Å². The Morgan fingerprint density at radius 3 is 2.52 bits per heavy atom. The minimum Gasteiger partial charge on any atom is -0.467 e. The van der Waals surface area contributed by atoms with Crippen molar-refractivity contribution in [3.05, 3.63) is 53.8 Å². The van der Waals surface area contributed by atoms with E-state index in [4.69, 9.17) is 9.47 Å². The standard InChI is InChI=1S/C20H23NO4/c1-5-7-14-20(3,18(22)24-4)21(15-8-6-2)19(23)25-16-17-12-10-9-11-13-17/h5,9-14H,15-16H2,1-4H3. The van der Waals surface area contributed by atoms with E-state index in [0.717, 1.165) is 5.56 Å². The van der Waals surface area contributed by atoms with Gasteiger partial charge in [-0.3, -0.25) is 4.90 Å². The summed E-state index contributed by atoms with van der Waals surface area (Å²) in [6, 6.07) is 9.30. The lowest BCUT2D eigenvalue weighted by Gasteiger charge is -2.34. The second-order valence-corrected chi connectivity index (χ2v) is 5.29. The van der Waals surface area contributed by atoms with Gasteiger partial charge in [-0.1, -0.05) is 36.3 Å². The maximum Gasteiger partial charge on any atom is 0.412 e. The number of rotatable bonds is 6. The van der Waals surface area contributed by atoms with Crippen molar-refractivity contribution in [2.45, 2.75) is 32.9 Å². The van der Waals surface area contributed by atoms with Crippen LogP contribution in [-0.2, 0) is 20.9 Å². The van der Waals surface area contributed by atoms with Gasteiger partial charge in [-0.2, -0.15) is 0 Å². The Balaban J connectivity index is 3.10. The van der Waals surface area contributed by atoms with Crippen LogP contribution in [0.15, 0.2) is 48.2 Å². The molecule has 0 heterocycles. The van der Waals surface area contributed by atoms with E-state index in [1.165, 1.54) is 18.1 Å². The van der Waals surface area contributed by atoms with E-state index in [9.17, 15) is 9.59 Å². The van der Waals surface area contributed by atoms with Gasteiger partial charge >= 0.3 is 12.1 Å². The lowest BCUT2D eigenvalue weighted by atomic mass is 10.00. The lowest BCUT2D eigenvalue weighted by Crippen LogP contribution is -2.54. The number of hydrogen-bond acceptors (Lipinski definition) is 4. The summed E-state index contributed by atoms with van der Waals surface area (Å²) in [5, 5.41) is 0. The zero-order valence-electron chi connectivity index (χ0n) is 15.0. The first-order chi connectivity index (χ1) is 12.0. The Hall–Kier alpha value is -2.96. The predicted octanol–water partition coefficient (Wildman–Crippen LogP) is 3.31. The zero-order valence-corrected chi connectivity index (χ0v) is 15.0. The van der Waals surface area contributed by atoms with E-state index in [0.29, 0.717) is 0 Å². The number of nitrogens with zero attached hydrogens (tertiary/aromatic N) is 1. The summed E-state index contributed by atoms with van der Waals surface area (Å²) in [7, 11) is 1.27. The Morgan fingerprint density at radius 2 is 1.96 bits per heavy atom.